The molecule has 0 amide bonds. The van der Waals surface area contributed by atoms with Crippen LogP contribution < -0.4 is 11.1 Å². The highest BCUT2D eigenvalue weighted by molar-refractivity contribution is 5.98. The van der Waals surface area contributed by atoms with Gasteiger partial charge < -0.3 is 20.3 Å². The topological polar surface area (TPSA) is 126 Å². The van der Waals surface area contributed by atoms with Crippen molar-refractivity contribution < 1.29 is 29.9 Å². The number of ketones is 2. The molecule has 3 rings (SSSR count). The number of carbonyl (C=O) groups is 2. The number of aliphatic hydroxyl groups excluding tert-OH is 2. The summed E-state index contributed by atoms with van der Waals surface area (Å²) in [5.74, 6) is 1.71. The summed E-state index contributed by atoms with van der Waals surface area (Å²) in [7, 11) is 1.66. The van der Waals surface area contributed by atoms with E-state index in [0.29, 0.717) is 24.7 Å². The number of hydrogen-bond acceptors (Lipinski definition) is 6. The van der Waals surface area contributed by atoms with Crippen LogP contribution in [0.2, 0.25) is 0 Å². The van der Waals surface area contributed by atoms with Gasteiger partial charge in [0, 0.05) is 38.9 Å². The molecular formula is C29H53N2O5+. The Morgan fingerprint density at radius 3 is 2.44 bits per heavy atom. The summed E-state index contributed by atoms with van der Waals surface area (Å²) in [6.07, 6.45) is 11.2. The lowest BCUT2D eigenvalue weighted by atomic mass is 9.55. The summed E-state index contributed by atoms with van der Waals surface area (Å²) < 4.78 is 5.74. The first-order chi connectivity index (χ1) is 17.4. The van der Waals surface area contributed by atoms with Gasteiger partial charge in [-0.25, -0.2) is 0 Å². The monoisotopic (exact) mass is 509 g/mol. The maximum Gasteiger partial charge on any atom is 0.140 e. The predicted molar refractivity (Wildman–Crippen MR) is 140 cm³/mol. The van der Waals surface area contributed by atoms with Gasteiger partial charge in [-0.15, -0.1) is 0 Å². The average Bonchev–Trinajstić information content (AvgIpc) is 2.87. The maximum atomic E-state index is 12.6. The van der Waals surface area contributed by atoms with Crippen LogP contribution in [0.4, 0.5) is 0 Å². The highest BCUT2D eigenvalue weighted by Crippen LogP contribution is 2.50. The van der Waals surface area contributed by atoms with Crippen molar-refractivity contribution in [3.8, 4) is 0 Å². The van der Waals surface area contributed by atoms with Gasteiger partial charge in [0.05, 0.1) is 25.2 Å². The zero-order valence-electron chi connectivity index (χ0n) is 22.8. The summed E-state index contributed by atoms with van der Waals surface area (Å²) in [5.41, 5.74) is 6.49. The third kappa shape index (κ3) is 7.83. The van der Waals surface area contributed by atoms with Crippen LogP contribution in [-0.2, 0) is 14.3 Å². The minimum atomic E-state index is -0.559. The van der Waals surface area contributed by atoms with E-state index in [1.54, 1.807) is 7.11 Å². The summed E-state index contributed by atoms with van der Waals surface area (Å²) in [6.45, 7) is 3.32. The Morgan fingerprint density at radius 1 is 0.972 bits per heavy atom. The van der Waals surface area contributed by atoms with Crippen molar-refractivity contribution in [2.75, 3.05) is 20.3 Å². The van der Waals surface area contributed by atoms with E-state index in [9.17, 15) is 19.8 Å². The average molecular weight is 510 g/mol. The van der Waals surface area contributed by atoms with Crippen LogP contribution in [0.1, 0.15) is 96.8 Å². The second-order valence-electron chi connectivity index (χ2n) is 12.0. The van der Waals surface area contributed by atoms with E-state index in [-0.39, 0.29) is 60.5 Å². The second-order valence-corrected chi connectivity index (χ2v) is 12.0. The molecule has 7 unspecified atom stereocenters. The first-order valence-corrected chi connectivity index (χ1v) is 14.8. The fourth-order valence-electron chi connectivity index (χ4n) is 7.78. The van der Waals surface area contributed by atoms with Crippen LogP contribution in [0.15, 0.2) is 0 Å². The van der Waals surface area contributed by atoms with Crippen LogP contribution in [-0.4, -0.2) is 60.4 Å². The van der Waals surface area contributed by atoms with Crippen molar-refractivity contribution in [2.24, 2.45) is 41.2 Å². The summed E-state index contributed by atoms with van der Waals surface area (Å²) >= 11 is 0. The van der Waals surface area contributed by atoms with Crippen molar-refractivity contribution in [3.05, 3.63) is 0 Å². The standard InChI is InChI=1S/C29H52N2O5/c1-3-4-5-6-7-8-21(33)17-22(34)11-9-19-15-25(28(35)26(16-19)36-2)27-20(18-32)10-12-24-23(27)13-14-31-29(24)30/h19-20,23-29,31-32,35H,3-18,30H2,1-2H3/p+1/t19?,20-,23?,24?,25?,26?,27+,28?,29?/m1/s1. The number of methoxy groups -OCH3 is 1. The van der Waals surface area contributed by atoms with Crippen molar-refractivity contribution in [2.45, 2.75) is 115 Å². The van der Waals surface area contributed by atoms with Crippen LogP contribution in [0, 0.1) is 35.5 Å². The second kappa shape index (κ2) is 14.9. The molecule has 0 aromatic carbocycles. The SMILES string of the molecule is CCCCCCCC(=O)CC(=O)CCC1CC(OC)C(O)C([C@@H]2C3CC[NH2+]C(N)C3CC[C@@H]2CO)C1. The Morgan fingerprint density at radius 2 is 1.72 bits per heavy atom. The molecule has 7 nitrogen and oxygen atoms in total. The zero-order chi connectivity index (χ0) is 26.1. The molecule has 0 bridgehead atoms. The Bertz CT molecular complexity index is 689. The van der Waals surface area contributed by atoms with E-state index < -0.39 is 6.10 Å². The lowest BCUT2D eigenvalue weighted by Gasteiger charge is -2.52. The molecule has 2 aliphatic carbocycles. The highest BCUT2D eigenvalue weighted by atomic mass is 16.5. The number of fused-ring (bicyclic) bond motifs is 1. The minimum Gasteiger partial charge on any atom is -0.396 e. The molecule has 3 aliphatic rings. The van der Waals surface area contributed by atoms with Crippen molar-refractivity contribution in [1.29, 1.82) is 0 Å². The van der Waals surface area contributed by atoms with E-state index in [1.807, 2.05) is 0 Å². The highest BCUT2D eigenvalue weighted by Gasteiger charge is 2.51. The largest absolute Gasteiger partial charge is 0.396 e. The molecule has 0 aromatic heterocycles. The van der Waals surface area contributed by atoms with Crippen LogP contribution in [0.25, 0.3) is 0 Å². The lowest BCUT2D eigenvalue weighted by Crippen LogP contribution is -2.97. The third-order valence-corrected chi connectivity index (χ3v) is 9.70. The molecule has 7 heteroatoms. The molecule has 208 valence electrons. The molecular weight excluding hydrogens is 456 g/mol. The smallest absolute Gasteiger partial charge is 0.140 e. The molecule has 6 N–H and O–H groups in total. The number of ether oxygens (including phenoxy) is 1. The Kier molecular flexibility index (Phi) is 12.3. The van der Waals surface area contributed by atoms with Crippen molar-refractivity contribution in [1.82, 2.24) is 0 Å². The number of nitrogens with two attached hydrogens (primary N) is 2. The fraction of sp³-hybridized carbons (Fsp3) is 0.931. The Labute approximate surface area is 218 Å². The molecule has 0 radical (unpaired) electrons. The Hall–Kier alpha value is -0.860. The van der Waals surface area contributed by atoms with Crippen LogP contribution >= 0.6 is 0 Å². The van der Waals surface area contributed by atoms with Gasteiger partial charge in [0.1, 0.15) is 17.7 Å². The lowest BCUT2D eigenvalue weighted by molar-refractivity contribution is -0.709. The third-order valence-electron chi connectivity index (χ3n) is 9.70. The van der Waals surface area contributed by atoms with Gasteiger partial charge >= 0.3 is 0 Å². The van der Waals surface area contributed by atoms with E-state index >= 15 is 0 Å². The molecule has 9 atom stereocenters. The molecule has 2 saturated carbocycles. The van der Waals surface area contributed by atoms with Gasteiger partial charge in [0.25, 0.3) is 0 Å². The summed E-state index contributed by atoms with van der Waals surface area (Å²) in [5, 5.41) is 23.8. The van der Waals surface area contributed by atoms with Crippen molar-refractivity contribution in [3.63, 3.8) is 0 Å². The molecule has 0 aromatic rings. The maximum absolute atomic E-state index is 12.6. The number of Topliss-reactive ketones (excluding diaryl/α,β-unsaturated/α-hetero) is 2. The minimum absolute atomic E-state index is 0.0452. The van der Waals surface area contributed by atoms with E-state index in [1.165, 1.54) is 12.8 Å². The van der Waals surface area contributed by atoms with E-state index in [2.05, 4.69) is 12.2 Å². The quantitative estimate of drug-likeness (QED) is 0.211. The molecule has 3 fully saturated rings. The number of rotatable bonds is 14. The number of unbranched alkanes of at least 4 members (excludes halogenated alkanes) is 4. The number of quaternary nitrogens is 1. The molecule has 0 spiro atoms. The van der Waals surface area contributed by atoms with Gasteiger partial charge in [-0.2, -0.15) is 0 Å². The van der Waals surface area contributed by atoms with Gasteiger partial charge in [-0.3, -0.25) is 15.3 Å². The van der Waals surface area contributed by atoms with Gasteiger partial charge in [-0.1, -0.05) is 32.6 Å². The molecule has 1 aliphatic heterocycles. The van der Waals surface area contributed by atoms with Gasteiger partial charge in [-0.05, 0) is 68.1 Å². The van der Waals surface area contributed by atoms with E-state index in [0.717, 1.165) is 64.3 Å². The number of carbonyl (C=O) groups excluding carboxylic acids is 2. The first kappa shape index (κ1) is 29.7. The zero-order valence-corrected chi connectivity index (χ0v) is 22.8. The first-order valence-electron chi connectivity index (χ1n) is 14.8. The summed E-state index contributed by atoms with van der Waals surface area (Å²) in [6, 6.07) is 0. The number of piperidine rings is 1. The number of aliphatic hydroxyl groups is 2. The fourth-order valence-corrected chi connectivity index (χ4v) is 7.78. The van der Waals surface area contributed by atoms with Crippen LogP contribution in [0.3, 0.4) is 0 Å². The predicted octanol–water partition coefficient (Wildman–Crippen LogP) is 2.56. The Balaban J connectivity index is 1.57. The molecule has 36 heavy (non-hydrogen) atoms. The van der Waals surface area contributed by atoms with Gasteiger partial charge in [0.15, 0.2) is 0 Å². The van der Waals surface area contributed by atoms with Gasteiger partial charge in [0.2, 0.25) is 0 Å². The normalized spacial score (nSPS) is 36.9. The van der Waals surface area contributed by atoms with E-state index in [4.69, 9.17) is 10.5 Å². The number of hydrogen-bond donors (Lipinski definition) is 4. The van der Waals surface area contributed by atoms with Crippen LogP contribution in [0.5, 0.6) is 0 Å². The summed E-state index contributed by atoms with van der Waals surface area (Å²) in [4.78, 5) is 24.9. The molecule has 1 heterocycles. The van der Waals surface area contributed by atoms with Crippen molar-refractivity contribution >= 4 is 11.6 Å². The molecule has 1 saturated heterocycles.